The Bertz CT molecular complexity index is 812. The quantitative estimate of drug-likeness (QED) is 0.755. The molecule has 6 atom stereocenters. The van der Waals surface area contributed by atoms with Crippen LogP contribution < -0.4 is 5.32 Å². The molecule has 0 radical (unpaired) electrons. The van der Waals surface area contributed by atoms with E-state index in [1.165, 1.54) is 12.7 Å². The fourth-order valence-electron chi connectivity index (χ4n) is 8.02. The SMILES string of the molecule is COC(=O)C1CC23CCCN4CCC5(c6ccccc6NC15CC2O)C43. The van der Waals surface area contributed by atoms with Crippen molar-refractivity contribution in [2.24, 2.45) is 11.3 Å². The summed E-state index contributed by atoms with van der Waals surface area (Å²) in [6.45, 7) is 2.17. The van der Waals surface area contributed by atoms with Gasteiger partial charge in [0.2, 0.25) is 0 Å². The number of aliphatic hydroxyl groups excluding tert-OH is 1. The molecule has 3 aliphatic heterocycles. The molecule has 1 aromatic carbocycles. The van der Waals surface area contributed by atoms with Gasteiger partial charge in [-0.1, -0.05) is 18.2 Å². The number of aliphatic hydroxyl groups is 1. The van der Waals surface area contributed by atoms with Crippen molar-refractivity contribution in [1.82, 2.24) is 4.90 Å². The molecule has 26 heavy (non-hydrogen) atoms. The number of fused-ring (bicyclic) bond motifs is 3. The Morgan fingerprint density at radius 3 is 2.96 bits per heavy atom. The summed E-state index contributed by atoms with van der Waals surface area (Å²) in [5.74, 6) is -0.309. The van der Waals surface area contributed by atoms with Crippen LogP contribution in [0.4, 0.5) is 5.69 Å². The van der Waals surface area contributed by atoms with Crippen LogP contribution >= 0.6 is 0 Å². The number of methoxy groups -OCH3 is 1. The maximum atomic E-state index is 12.9. The smallest absolute Gasteiger partial charge is 0.311 e. The molecule has 5 fully saturated rings. The summed E-state index contributed by atoms with van der Waals surface area (Å²) in [6, 6.07) is 8.91. The molecule has 7 rings (SSSR count). The van der Waals surface area contributed by atoms with Crippen LogP contribution in [0.3, 0.4) is 0 Å². The zero-order valence-corrected chi connectivity index (χ0v) is 15.2. The monoisotopic (exact) mass is 354 g/mol. The summed E-state index contributed by atoms with van der Waals surface area (Å²) in [5.41, 5.74) is 1.80. The van der Waals surface area contributed by atoms with Crippen molar-refractivity contribution in [3.05, 3.63) is 29.8 Å². The molecule has 3 spiro atoms. The second-order valence-electron chi connectivity index (χ2n) is 9.14. The topological polar surface area (TPSA) is 61.8 Å². The largest absolute Gasteiger partial charge is 0.469 e. The lowest BCUT2D eigenvalue weighted by molar-refractivity contribution is -0.204. The highest BCUT2D eigenvalue weighted by molar-refractivity contribution is 5.81. The van der Waals surface area contributed by atoms with E-state index >= 15 is 0 Å². The lowest BCUT2D eigenvalue weighted by atomic mass is 9.38. The average Bonchev–Trinajstić information content (AvgIpc) is 3.19. The Kier molecular flexibility index (Phi) is 2.75. The van der Waals surface area contributed by atoms with Gasteiger partial charge in [0, 0.05) is 22.6 Å². The van der Waals surface area contributed by atoms with Crippen LogP contribution in [0.15, 0.2) is 24.3 Å². The predicted molar refractivity (Wildman–Crippen MR) is 96.9 cm³/mol. The Labute approximate surface area is 153 Å². The molecule has 3 heterocycles. The van der Waals surface area contributed by atoms with Gasteiger partial charge in [0.05, 0.1) is 24.7 Å². The van der Waals surface area contributed by atoms with Gasteiger partial charge in [-0.15, -0.1) is 0 Å². The van der Waals surface area contributed by atoms with Gasteiger partial charge in [-0.25, -0.2) is 0 Å². The van der Waals surface area contributed by atoms with E-state index in [2.05, 4.69) is 34.5 Å². The maximum Gasteiger partial charge on any atom is 0.311 e. The van der Waals surface area contributed by atoms with Crippen LogP contribution in [0.2, 0.25) is 0 Å². The van der Waals surface area contributed by atoms with Gasteiger partial charge >= 0.3 is 5.97 Å². The number of esters is 1. The van der Waals surface area contributed by atoms with Crippen molar-refractivity contribution in [2.75, 3.05) is 25.5 Å². The minimum atomic E-state index is -0.429. The van der Waals surface area contributed by atoms with Gasteiger partial charge in [0.25, 0.3) is 0 Å². The lowest BCUT2D eigenvalue weighted by Crippen LogP contribution is -2.80. The fraction of sp³-hybridized carbons (Fsp3) is 0.667. The van der Waals surface area contributed by atoms with Gasteiger partial charge in [0.15, 0.2) is 0 Å². The second kappa shape index (κ2) is 4.63. The summed E-state index contributed by atoms with van der Waals surface area (Å²) >= 11 is 0. The highest BCUT2D eigenvalue weighted by atomic mass is 16.5. The number of carbonyl (C=O) groups excluding carboxylic acids is 1. The molecule has 6 aliphatic rings. The first-order valence-corrected chi connectivity index (χ1v) is 9.97. The van der Waals surface area contributed by atoms with Gasteiger partial charge in [-0.05, 0) is 56.8 Å². The number of anilines is 1. The first kappa shape index (κ1) is 15.5. The zero-order chi connectivity index (χ0) is 17.7. The minimum absolute atomic E-state index is 0.0969. The molecular formula is C21H26N2O3. The summed E-state index contributed by atoms with van der Waals surface area (Å²) in [5, 5.41) is 15.1. The van der Waals surface area contributed by atoms with Crippen LogP contribution in [0.25, 0.3) is 0 Å². The molecule has 5 nitrogen and oxygen atoms in total. The zero-order valence-electron chi connectivity index (χ0n) is 15.2. The number of para-hydroxylation sites is 1. The Morgan fingerprint density at radius 2 is 2.12 bits per heavy atom. The third-order valence-corrected chi connectivity index (χ3v) is 8.66. The number of benzene rings is 1. The number of hydrogen-bond donors (Lipinski definition) is 2. The molecule has 0 amide bonds. The van der Waals surface area contributed by atoms with Crippen molar-refractivity contribution >= 4 is 11.7 Å². The first-order valence-electron chi connectivity index (χ1n) is 9.97. The highest BCUT2D eigenvalue weighted by Gasteiger charge is 2.81. The summed E-state index contributed by atoms with van der Waals surface area (Å²) in [4.78, 5) is 15.6. The third kappa shape index (κ3) is 1.38. The van der Waals surface area contributed by atoms with Crippen molar-refractivity contribution in [3.63, 3.8) is 0 Å². The van der Waals surface area contributed by atoms with E-state index in [1.54, 1.807) is 0 Å². The van der Waals surface area contributed by atoms with Crippen molar-refractivity contribution in [3.8, 4) is 0 Å². The molecule has 1 aromatic rings. The number of nitrogens with zero attached hydrogens (tertiary/aromatic N) is 1. The van der Waals surface area contributed by atoms with Gasteiger partial charge in [-0.2, -0.15) is 0 Å². The normalized spacial score (nSPS) is 47.7. The second-order valence-corrected chi connectivity index (χ2v) is 9.14. The standard InChI is InChI=1S/C21H26N2O3/c1-26-17(25)14-11-19-7-4-9-23-10-8-20(18(19)23)13-5-2-3-6-15(13)22-21(14,20)12-16(19)24/h2-3,5-6,14,16,18,22,24H,4,7-12H2,1H3. The van der Waals surface area contributed by atoms with E-state index in [9.17, 15) is 9.90 Å². The van der Waals surface area contributed by atoms with E-state index in [4.69, 9.17) is 4.74 Å². The Morgan fingerprint density at radius 1 is 1.27 bits per heavy atom. The minimum Gasteiger partial charge on any atom is -0.469 e. The van der Waals surface area contributed by atoms with E-state index in [-0.39, 0.29) is 28.8 Å². The molecule has 6 unspecified atom stereocenters. The van der Waals surface area contributed by atoms with Gasteiger partial charge < -0.3 is 15.2 Å². The Hall–Kier alpha value is -1.59. The first-order chi connectivity index (χ1) is 12.6. The van der Waals surface area contributed by atoms with Crippen LogP contribution in [0, 0.1) is 11.3 Å². The Balaban J connectivity index is 1.66. The predicted octanol–water partition coefficient (Wildman–Crippen LogP) is 1.90. The van der Waals surface area contributed by atoms with Gasteiger partial charge in [-0.3, -0.25) is 9.69 Å². The van der Waals surface area contributed by atoms with E-state index in [1.807, 2.05) is 0 Å². The number of rotatable bonds is 1. The van der Waals surface area contributed by atoms with Gasteiger partial charge in [0.1, 0.15) is 0 Å². The summed E-state index contributed by atoms with van der Waals surface area (Å²) in [6.07, 6.45) is 4.21. The number of hydrogen-bond acceptors (Lipinski definition) is 5. The van der Waals surface area contributed by atoms with Crippen molar-refractivity contribution in [1.29, 1.82) is 0 Å². The number of nitrogens with one attached hydrogen (secondary N) is 1. The number of piperidine rings is 1. The molecular weight excluding hydrogens is 328 g/mol. The molecule has 2 N–H and O–H groups in total. The van der Waals surface area contributed by atoms with Crippen LogP contribution in [0.1, 0.15) is 37.7 Å². The van der Waals surface area contributed by atoms with E-state index < -0.39 is 5.54 Å². The molecule has 138 valence electrons. The van der Waals surface area contributed by atoms with Crippen molar-refractivity contribution < 1.29 is 14.6 Å². The fourth-order valence-corrected chi connectivity index (χ4v) is 8.02. The maximum absolute atomic E-state index is 12.9. The van der Waals surface area contributed by atoms with E-state index in [0.29, 0.717) is 12.5 Å². The summed E-state index contributed by atoms with van der Waals surface area (Å²) in [7, 11) is 1.50. The molecule has 2 saturated heterocycles. The molecule has 0 aromatic heterocycles. The third-order valence-electron chi connectivity index (χ3n) is 8.66. The number of ether oxygens (including phenoxy) is 1. The van der Waals surface area contributed by atoms with Crippen LogP contribution in [-0.4, -0.2) is 53.9 Å². The molecule has 2 bridgehead atoms. The summed E-state index contributed by atoms with van der Waals surface area (Å²) < 4.78 is 5.28. The van der Waals surface area contributed by atoms with Crippen LogP contribution in [-0.2, 0) is 14.9 Å². The highest BCUT2D eigenvalue weighted by Crippen LogP contribution is 2.74. The average molecular weight is 354 g/mol. The van der Waals surface area contributed by atoms with Crippen LogP contribution in [0.5, 0.6) is 0 Å². The number of carbonyl (C=O) groups is 1. The van der Waals surface area contributed by atoms with E-state index in [0.717, 1.165) is 44.5 Å². The lowest BCUT2D eigenvalue weighted by Gasteiger charge is -2.70. The molecule has 5 heteroatoms. The molecule has 3 saturated carbocycles. The van der Waals surface area contributed by atoms with Crippen molar-refractivity contribution in [2.45, 2.75) is 55.2 Å². The molecule has 3 aliphatic carbocycles.